The summed E-state index contributed by atoms with van der Waals surface area (Å²) in [5.74, 6) is 0.0775. The number of hydrogen-bond acceptors (Lipinski definition) is 4. The van der Waals surface area contributed by atoms with Crippen molar-refractivity contribution in [3.63, 3.8) is 0 Å². The second-order valence-corrected chi connectivity index (χ2v) is 7.01. The topological polar surface area (TPSA) is 113 Å². The van der Waals surface area contributed by atoms with E-state index in [0.717, 1.165) is 12.8 Å². The van der Waals surface area contributed by atoms with Gasteiger partial charge < -0.3 is 15.6 Å². The Morgan fingerprint density at radius 2 is 1.15 bits per heavy atom. The zero-order valence-electron chi connectivity index (χ0n) is 17.3. The normalized spacial score (nSPS) is 10.1. The summed E-state index contributed by atoms with van der Waals surface area (Å²) in [6.07, 6.45) is 20.8. The highest BCUT2D eigenvalue weighted by molar-refractivity contribution is 5.75. The van der Waals surface area contributed by atoms with E-state index in [1.54, 1.807) is 0 Å². The van der Waals surface area contributed by atoms with E-state index < -0.39 is 5.09 Å². The summed E-state index contributed by atoms with van der Waals surface area (Å²) in [6, 6.07) is 0. The van der Waals surface area contributed by atoms with Crippen LogP contribution in [0.15, 0.2) is 0 Å². The number of carbonyl (C=O) groups excluding carboxylic acids is 1. The minimum atomic E-state index is -1.50. The molecule has 1 amide bonds. The Bertz CT molecular complexity index is 323. The largest absolute Gasteiger partial charge is 0.395 e. The molecule has 0 atom stereocenters. The second kappa shape index (κ2) is 24.6. The van der Waals surface area contributed by atoms with Crippen molar-refractivity contribution in [3.05, 3.63) is 10.1 Å². The Labute approximate surface area is 165 Å². The van der Waals surface area contributed by atoms with Crippen molar-refractivity contribution in [1.82, 2.24) is 5.32 Å². The van der Waals surface area contributed by atoms with Crippen molar-refractivity contribution in [1.29, 1.82) is 0 Å². The van der Waals surface area contributed by atoms with Gasteiger partial charge in [0.15, 0.2) is 0 Å². The van der Waals surface area contributed by atoms with Gasteiger partial charge in [-0.3, -0.25) is 4.79 Å². The van der Waals surface area contributed by atoms with Gasteiger partial charge in [-0.05, 0) is 6.42 Å². The molecule has 0 aromatic heterocycles. The predicted octanol–water partition coefficient (Wildman–Crippen LogP) is 5.01. The van der Waals surface area contributed by atoms with Crippen LogP contribution in [0.4, 0.5) is 0 Å². The van der Waals surface area contributed by atoms with E-state index in [1.165, 1.54) is 83.5 Å². The Hall–Kier alpha value is -1.37. The van der Waals surface area contributed by atoms with Crippen molar-refractivity contribution >= 4 is 5.91 Å². The lowest BCUT2D eigenvalue weighted by molar-refractivity contribution is -0.742. The summed E-state index contributed by atoms with van der Waals surface area (Å²) >= 11 is 0. The van der Waals surface area contributed by atoms with Crippen molar-refractivity contribution in [2.24, 2.45) is 0 Å². The number of aliphatic hydroxyl groups is 1. The molecule has 0 aliphatic heterocycles. The molecule has 0 saturated carbocycles. The van der Waals surface area contributed by atoms with Gasteiger partial charge in [0.1, 0.15) is 0 Å². The first-order valence-corrected chi connectivity index (χ1v) is 10.7. The molecule has 0 rings (SSSR count). The van der Waals surface area contributed by atoms with Crippen LogP contribution >= 0.6 is 0 Å². The monoisotopic (exact) mass is 390 g/mol. The van der Waals surface area contributed by atoms with Gasteiger partial charge in [0.05, 0.1) is 6.61 Å². The van der Waals surface area contributed by atoms with Crippen LogP contribution in [0.25, 0.3) is 0 Å². The smallest absolute Gasteiger partial charge is 0.291 e. The quantitative estimate of drug-likeness (QED) is 0.173. The van der Waals surface area contributed by atoms with Crippen molar-refractivity contribution in [3.8, 4) is 0 Å². The first kappa shape index (κ1) is 27.8. The van der Waals surface area contributed by atoms with Gasteiger partial charge in [0.2, 0.25) is 5.91 Å². The highest BCUT2D eigenvalue weighted by atomic mass is 16.9. The molecule has 0 aromatic carbocycles. The number of carbonyl (C=O) groups is 1. The van der Waals surface area contributed by atoms with Gasteiger partial charge in [-0.2, -0.15) is 0 Å². The lowest BCUT2D eigenvalue weighted by Crippen LogP contribution is -2.25. The SMILES string of the molecule is CCCCCCCCCCCCCCCCCC(=O)NCCO.O=[N+]([O-])O. The molecule has 0 aromatic rings. The lowest BCUT2D eigenvalue weighted by atomic mass is 10.0. The Morgan fingerprint density at radius 1 is 0.815 bits per heavy atom. The van der Waals surface area contributed by atoms with Crippen LogP contribution in [-0.4, -0.2) is 34.5 Å². The van der Waals surface area contributed by atoms with E-state index in [4.69, 9.17) is 20.4 Å². The Kier molecular flexibility index (Phi) is 25.4. The van der Waals surface area contributed by atoms with Crippen LogP contribution in [0.1, 0.15) is 110 Å². The molecule has 0 spiro atoms. The molecule has 7 heteroatoms. The minimum absolute atomic E-state index is 0.0323. The molecular formula is C20H42N2O5. The number of amides is 1. The van der Waals surface area contributed by atoms with Gasteiger partial charge in [0.25, 0.3) is 5.09 Å². The van der Waals surface area contributed by atoms with E-state index in [1.807, 2.05) is 0 Å². The molecule has 0 aliphatic rings. The van der Waals surface area contributed by atoms with Crippen LogP contribution in [0.3, 0.4) is 0 Å². The summed E-state index contributed by atoms with van der Waals surface area (Å²) < 4.78 is 0. The fourth-order valence-electron chi connectivity index (χ4n) is 2.94. The lowest BCUT2D eigenvalue weighted by Gasteiger charge is -2.04. The number of nitrogens with zero attached hydrogens (tertiary/aromatic N) is 1. The maximum atomic E-state index is 11.3. The van der Waals surface area contributed by atoms with Gasteiger partial charge >= 0.3 is 0 Å². The third-order valence-corrected chi connectivity index (χ3v) is 4.44. The molecule has 3 N–H and O–H groups in total. The number of nitrogens with one attached hydrogen (secondary N) is 1. The van der Waals surface area contributed by atoms with Gasteiger partial charge in [-0.25, -0.2) is 0 Å². The number of aliphatic hydroxyl groups excluding tert-OH is 1. The summed E-state index contributed by atoms with van der Waals surface area (Å²) in [5.41, 5.74) is 0. The first-order valence-electron chi connectivity index (χ1n) is 10.7. The van der Waals surface area contributed by atoms with Crippen molar-refractivity contribution < 1.29 is 20.2 Å². The van der Waals surface area contributed by atoms with Gasteiger partial charge in [-0.1, -0.05) is 96.8 Å². The molecule has 0 aliphatic carbocycles. The van der Waals surface area contributed by atoms with Crippen LogP contribution in [-0.2, 0) is 4.79 Å². The van der Waals surface area contributed by atoms with Gasteiger partial charge in [-0.15, -0.1) is 10.1 Å². The molecule has 0 saturated heterocycles. The zero-order chi connectivity index (χ0) is 20.6. The van der Waals surface area contributed by atoms with Crippen molar-refractivity contribution in [2.75, 3.05) is 13.2 Å². The molecule has 162 valence electrons. The van der Waals surface area contributed by atoms with E-state index in [2.05, 4.69) is 12.2 Å². The standard InChI is InChI=1S/C20H41NO2.HNO3/c1-2-3-4-5-6-7-8-9-10-11-12-13-14-15-16-17-20(23)21-18-19-22;2-1(3)4/h22H,2-19H2,1H3,(H,21,23);(H,2,3,4). The van der Waals surface area contributed by atoms with Gasteiger partial charge in [0, 0.05) is 13.0 Å². The third kappa shape index (κ3) is 32.7. The summed E-state index contributed by atoms with van der Waals surface area (Å²) in [6.45, 7) is 2.69. The van der Waals surface area contributed by atoms with E-state index in [-0.39, 0.29) is 12.5 Å². The molecule has 0 bridgehead atoms. The highest BCUT2D eigenvalue weighted by Crippen LogP contribution is 2.13. The molecular weight excluding hydrogens is 348 g/mol. The highest BCUT2D eigenvalue weighted by Gasteiger charge is 1.99. The molecule has 0 heterocycles. The summed E-state index contributed by atoms with van der Waals surface area (Å²) in [4.78, 5) is 19.7. The maximum absolute atomic E-state index is 11.3. The molecule has 0 fully saturated rings. The zero-order valence-corrected chi connectivity index (χ0v) is 17.3. The Morgan fingerprint density at radius 3 is 1.48 bits per heavy atom. The minimum Gasteiger partial charge on any atom is -0.395 e. The van der Waals surface area contributed by atoms with Crippen LogP contribution in [0, 0.1) is 10.1 Å². The average molecular weight is 391 g/mol. The summed E-state index contributed by atoms with van der Waals surface area (Å²) in [7, 11) is 0. The first-order chi connectivity index (χ1) is 13.0. The van der Waals surface area contributed by atoms with Crippen LogP contribution in [0.2, 0.25) is 0 Å². The second-order valence-electron chi connectivity index (χ2n) is 7.01. The predicted molar refractivity (Wildman–Crippen MR) is 108 cm³/mol. The van der Waals surface area contributed by atoms with Crippen LogP contribution in [0.5, 0.6) is 0 Å². The molecule has 27 heavy (non-hydrogen) atoms. The van der Waals surface area contributed by atoms with Crippen LogP contribution < -0.4 is 5.32 Å². The number of rotatable bonds is 18. The maximum Gasteiger partial charge on any atom is 0.291 e. The molecule has 7 nitrogen and oxygen atoms in total. The number of hydrogen-bond donors (Lipinski definition) is 3. The van der Waals surface area contributed by atoms with Crippen molar-refractivity contribution in [2.45, 2.75) is 110 Å². The number of unbranched alkanes of at least 4 members (excludes halogenated alkanes) is 14. The van der Waals surface area contributed by atoms with E-state index >= 15 is 0 Å². The fraction of sp³-hybridized carbons (Fsp3) is 0.950. The average Bonchev–Trinajstić information content (AvgIpc) is 2.62. The summed E-state index contributed by atoms with van der Waals surface area (Å²) in [5, 5.41) is 24.9. The molecule has 0 radical (unpaired) electrons. The fourth-order valence-corrected chi connectivity index (χ4v) is 2.94. The van der Waals surface area contributed by atoms with E-state index in [9.17, 15) is 4.79 Å². The third-order valence-electron chi connectivity index (χ3n) is 4.44. The molecule has 0 unspecified atom stereocenters. The van der Waals surface area contributed by atoms with E-state index in [0.29, 0.717) is 13.0 Å². The Balaban J connectivity index is 0.